The molecule has 0 saturated carbocycles. The minimum Gasteiger partial charge on any atom is -0.297 e. The van der Waals surface area contributed by atoms with E-state index in [0.717, 1.165) is 52.6 Å². The summed E-state index contributed by atoms with van der Waals surface area (Å²) in [7, 11) is 45.8. The Bertz CT molecular complexity index is 545. The van der Waals surface area contributed by atoms with Gasteiger partial charge in [-0.2, -0.15) is 0 Å². The first-order valence-electron chi connectivity index (χ1n) is 16.8. The monoisotopic (exact) mass is 682 g/mol. The summed E-state index contributed by atoms with van der Waals surface area (Å²) in [6.07, 6.45) is 0.389. The van der Waals surface area contributed by atoms with E-state index in [4.69, 9.17) is 0 Å². The third-order valence-corrected chi connectivity index (χ3v) is 4.93. The molecule has 13 nitrogen and oxygen atoms in total. The fourth-order valence-corrected chi connectivity index (χ4v) is 4.75. The van der Waals surface area contributed by atoms with Crippen molar-refractivity contribution in [3.05, 3.63) is 0 Å². The lowest BCUT2D eigenvalue weighted by molar-refractivity contribution is 0.00961. The molecular weight excluding hydrogens is 590 g/mol. The fraction of sp³-hybridized carbons (Fsp3) is 1.00. The van der Waals surface area contributed by atoms with Crippen molar-refractivity contribution < 1.29 is 0 Å². The molecule has 0 N–H and O–H groups in total. The summed E-state index contributed by atoms with van der Waals surface area (Å²) in [5.74, 6) is 0.833. The van der Waals surface area contributed by atoms with Gasteiger partial charge in [0.1, 0.15) is 6.29 Å². The van der Waals surface area contributed by atoms with E-state index in [1.165, 1.54) is 0 Å². The first kappa shape index (κ1) is 55.9. The normalized spacial score (nSPS) is 12.0. The molecule has 0 radical (unpaired) electrons. The van der Waals surface area contributed by atoms with Crippen molar-refractivity contribution >= 4 is 0 Å². The van der Waals surface area contributed by atoms with Crippen molar-refractivity contribution in [1.82, 2.24) is 63.7 Å². The van der Waals surface area contributed by atoms with Gasteiger partial charge in [-0.15, -0.1) is 0 Å². The highest BCUT2D eigenvalue weighted by Crippen LogP contribution is 1.98. The molecule has 0 heterocycles. The Balaban J connectivity index is -0.000000164. The molecule has 0 fully saturated rings. The molecule has 0 aliphatic heterocycles. The van der Waals surface area contributed by atoms with E-state index in [2.05, 4.69) is 240 Å². The van der Waals surface area contributed by atoms with Crippen LogP contribution < -0.4 is 0 Å². The lowest BCUT2D eigenvalue weighted by atomic mass is 10.3. The highest BCUT2D eigenvalue weighted by atomic mass is 15.5. The molecule has 0 aromatic carbocycles. The summed E-state index contributed by atoms with van der Waals surface area (Å²) >= 11 is 0. The maximum absolute atomic E-state index is 2.38. The van der Waals surface area contributed by atoms with Crippen molar-refractivity contribution in [2.24, 2.45) is 5.92 Å². The molecule has 0 aromatic heterocycles. The van der Waals surface area contributed by atoms with Crippen LogP contribution in [0.15, 0.2) is 0 Å². The zero-order valence-electron chi connectivity index (χ0n) is 36.9. The van der Waals surface area contributed by atoms with E-state index in [-0.39, 0.29) is 0 Å². The Hall–Kier alpha value is -0.520. The summed E-state index contributed by atoms with van der Waals surface area (Å²) in [6, 6.07) is 0. The third kappa shape index (κ3) is 55.2. The van der Waals surface area contributed by atoms with Crippen molar-refractivity contribution in [2.75, 3.05) is 202 Å². The maximum Gasteiger partial charge on any atom is 0.118 e. The largest absolute Gasteiger partial charge is 0.297 e. The Morgan fingerprint density at radius 3 is 0.574 bits per heavy atom. The van der Waals surface area contributed by atoms with Gasteiger partial charge in [0.25, 0.3) is 0 Å². The van der Waals surface area contributed by atoms with Crippen LogP contribution in [0.2, 0.25) is 0 Å². The van der Waals surface area contributed by atoms with Gasteiger partial charge in [0.15, 0.2) is 0 Å². The Kier molecular flexibility index (Phi) is 40.4. The van der Waals surface area contributed by atoms with Crippen LogP contribution >= 0.6 is 0 Å². The standard InChI is InChI=1S/2C9H24N4.C7H19N3.C5H14N2.C4H10/c1-10(2)7-12(5)9-13(6)8-11(3)4;1-10(2)7-13(8-11(3)4)9-12(5)6;1-8(2)7(9(3)4)10(5)6;1-6(2)5-7(3)4;1-4(2)3/h2*7-9H2,1-6H3;7H,1-6H3;5H2,1-4H3;4H,1-3H3. The van der Waals surface area contributed by atoms with Gasteiger partial charge in [-0.25, -0.2) is 0 Å². The van der Waals surface area contributed by atoms with E-state index in [1.807, 2.05) is 0 Å². The van der Waals surface area contributed by atoms with Crippen LogP contribution in [-0.4, -0.2) is 272 Å². The lowest BCUT2D eigenvalue weighted by Crippen LogP contribution is -2.50. The van der Waals surface area contributed by atoms with E-state index < -0.39 is 0 Å². The molecule has 0 bridgehead atoms. The SMILES string of the molecule is CC(C)C.CN(C)C(N(C)C)N(C)C.CN(C)CN(C)C.CN(C)CN(C)CN(C)CN(C)C.CN(C)CN(CN(C)C)CN(C)C. The minimum absolute atomic E-state index is 0.389. The summed E-state index contributed by atoms with van der Waals surface area (Å²) in [5, 5.41) is 0. The van der Waals surface area contributed by atoms with Gasteiger partial charge in [0.05, 0.1) is 40.0 Å². The second kappa shape index (κ2) is 34.0. The smallest absolute Gasteiger partial charge is 0.118 e. The molecule has 47 heavy (non-hydrogen) atoms. The van der Waals surface area contributed by atoms with Gasteiger partial charge in [-0.05, 0) is 161 Å². The van der Waals surface area contributed by atoms with Crippen molar-refractivity contribution in [1.29, 1.82) is 0 Å². The summed E-state index contributed by atoms with van der Waals surface area (Å²) in [5.41, 5.74) is 0. The molecule has 0 unspecified atom stereocenters. The zero-order valence-corrected chi connectivity index (χ0v) is 36.9. The predicted octanol–water partition coefficient (Wildman–Crippen LogP) is 1.38. The molecule has 0 amide bonds. The quantitative estimate of drug-likeness (QED) is 0.208. The van der Waals surface area contributed by atoms with Gasteiger partial charge in [-0.1, -0.05) is 20.8 Å². The molecular formula is C34H91N13. The van der Waals surface area contributed by atoms with Crippen LogP contribution in [0.4, 0.5) is 0 Å². The molecule has 292 valence electrons. The minimum atomic E-state index is 0.389. The average Bonchev–Trinajstić information content (AvgIpc) is 2.75. The highest BCUT2D eigenvalue weighted by Gasteiger charge is 2.14. The first-order valence-corrected chi connectivity index (χ1v) is 16.8. The topological polar surface area (TPSA) is 42.1 Å². The molecule has 0 aliphatic carbocycles. The number of nitrogens with zero attached hydrogens (tertiary/aromatic N) is 13. The lowest BCUT2D eigenvalue weighted by Gasteiger charge is -2.35. The Morgan fingerprint density at radius 1 is 0.277 bits per heavy atom. The van der Waals surface area contributed by atoms with Crippen LogP contribution in [0.5, 0.6) is 0 Å². The van der Waals surface area contributed by atoms with Crippen molar-refractivity contribution in [3.8, 4) is 0 Å². The fourth-order valence-electron chi connectivity index (χ4n) is 4.75. The number of hydrogen-bond acceptors (Lipinski definition) is 13. The molecule has 0 rings (SSSR count). The van der Waals surface area contributed by atoms with Gasteiger partial charge >= 0.3 is 0 Å². The maximum atomic E-state index is 2.38. The number of hydrogen-bond donors (Lipinski definition) is 0. The third-order valence-electron chi connectivity index (χ3n) is 4.93. The van der Waals surface area contributed by atoms with E-state index in [1.54, 1.807) is 0 Å². The van der Waals surface area contributed by atoms with Gasteiger partial charge in [0, 0.05) is 6.67 Å². The van der Waals surface area contributed by atoms with Crippen LogP contribution in [0.3, 0.4) is 0 Å². The summed E-state index contributed by atoms with van der Waals surface area (Å²) in [6.45, 7) is 13.5. The Labute approximate surface area is 298 Å². The molecule has 0 saturated heterocycles. The van der Waals surface area contributed by atoms with Crippen molar-refractivity contribution in [2.45, 2.75) is 27.1 Å². The molecule has 0 spiro atoms. The van der Waals surface area contributed by atoms with Gasteiger partial charge < -0.3 is 0 Å². The van der Waals surface area contributed by atoms with Gasteiger partial charge in [-0.3, -0.25) is 63.7 Å². The molecule has 0 aromatic rings. The van der Waals surface area contributed by atoms with Crippen molar-refractivity contribution in [3.63, 3.8) is 0 Å². The van der Waals surface area contributed by atoms with Crippen LogP contribution in [0.25, 0.3) is 0 Å². The van der Waals surface area contributed by atoms with Crippen LogP contribution in [0, 0.1) is 5.92 Å². The molecule has 0 aliphatic rings. The average molecular weight is 682 g/mol. The summed E-state index contributed by atoms with van der Waals surface area (Å²) in [4.78, 5) is 28.6. The molecule has 13 heteroatoms. The summed E-state index contributed by atoms with van der Waals surface area (Å²) < 4.78 is 0. The Morgan fingerprint density at radius 2 is 0.468 bits per heavy atom. The molecule has 0 atom stereocenters. The number of rotatable bonds is 17. The van der Waals surface area contributed by atoms with Gasteiger partial charge in [0.2, 0.25) is 0 Å². The van der Waals surface area contributed by atoms with E-state index in [0.29, 0.717) is 6.29 Å². The van der Waals surface area contributed by atoms with Crippen LogP contribution in [0.1, 0.15) is 20.8 Å². The predicted molar refractivity (Wildman–Crippen MR) is 213 cm³/mol. The van der Waals surface area contributed by atoms with E-state index >= 15 is 0 Å². The first-order chi connectivity index (χ1) is 21.1. The zero-order chi connectivity index (χ0) is 38.6. The van der Waals surface area contributed by atoms with E-state index in [9.17, 15) is 0 Å². The second-order valence-corrected chi connectivity index (χ2v) is 15.9. The second-order valence-electron chi connectivity index (χ2n) is 15.9. The van der Waals surface area contributed by atoms with Crippen LogP contribution in [-0.2, 0) is 0 Å². The highest BCUT2D eigenvalue weighted by molar-refractivity contribution is 4.58.